The highest BCUT2D eigenvalue weighted by Crippen LogP contribution is 2.20. The summed E-state index contributed by atoms with van der Waals surface area (Å²) >= 11 is 0. The van der Waals surface area contributed by atoms with Gasteiger partial charge in [-0.15, -0.1) is 0 Å². The van der Waals surface area contributed by atoms with E-state index in [9.17, 15) is 23.9 Å². The van der Waals surface area contributed by atoms with Crippen molar-refractivity contribution in [1.82, 2.24) is 10.2 Å². The van der Waals surface area contributed by atoms with Crippen LogP contribution in [0.5, 0.6) is 0 Å². The summed E-state index contributed by atoms with van der Waals surface area (Å²) < 4.78 is 25.2. The Kier molecular flexibility index (Phi) is 9.00. The first-order chi connectivity index (χ1) is 15.0. The first-order valence-electron chi connectivity index (χ1n) is 10.8. The molecule has 0 bridgehead atoms. The number of nitrogens with one attached hydrogen (secondary N) is 1. The predicted molar refractivity (Wildman–Crippen MR) is 115 cm³/mol. The number of ether oxygens (including phenoxy) is 2. The van der Waals surface area contributed by atoms with Gasteiger partial charge < -0.3 is 19.9 Å². The van der Waals surface area contributed by atoms with Crippen LogP contribution in [0.25, 0.3) is 0 Å². The zero-order chi connectivity index (χ0) is 23.9. The molecule has 0 aromatic heterocycles. The van der Waals surface area contributed by atoms with E-state index in [1.165, 1.54) is 11.8 Å². The van der Waals surface area contributed by atoms with Gasteiger partial charge in [-0.3, -0.25) is 9.69 Å². The van der Waals surface area contributed by atoms with E-state index in [1.807, 2.05) is 30.3 Å². The summed E-state index contributed by atoms with van der Waals surface area (Å²) in [6, 6.07) is 6.74. The number of hydrogen-bond acceptors (Lipinski definition) is 6. The molecule has 1 aliphatic rings. The molecule has 4 atom stereocenters. The molecule has 0 spiro atoms. The second-order valence-corrected chi connectivity index (χ2v) is 8.96. The van der Waals surface area contributed by atoms with Gasteiger partial charge in [0.05, 0.1) is 12.1 Å². The van der Waals surface area contributed by atoms with Gasteiger partial charge >= 0.3 is 12.1 Å². The SMILES string of the molecule is C[C@H](O)[C@H](NC(=O)[C@H]1CCCCN1C(=O)OCc1ccccc1)[C@H](F)C(=O)OC(C)(C)C. The van der Waals surface area contributed by atoms with Gasteiger partial charge in [0.25, 0.3) is 0 Å². The normalized spacial score (nSPS) is 19.4. The summed E-state index contributed by atoms with van der Waals surface area (Å²) in [7, 11) is 0. The van der Waals surface area contributed by atoms with Gasteiger partial charge in [-0.1, -0.05) is 30.3 Å². The largest absolute Gasteiger partial charge is 0.458 e. The van der Waals surface area contributed by atoms with Crippen LogP contribution < -0.4 is 5.32 Å². The fourth-order valence-electron chi connectivity index (χ4n) is 3.43. The highest BCUT2D eigenvalue weighted by molar-refractivity contribution is 5.87. The maximum absolute atomic E-state index is 14.8. The van der Waals surface area contributed by atoms with E-state index in [2.05, 4.69) is 5.32 Å². The van der Waals surface area contributed by atoms with Gasteiger partial charge in [-0.2, -0.15) is 0 Å². The van der Waals surface area contributed by atoms with Crippen LogP contribution in [0.2, 0.25) is 0 Å². The monoisotopic (exact) mass is 452 g/mol. The van der Waals surface area contributed by atoms with Crippen molar-refractivity contribution < 1.29 is 33.4 Å². The Morgan fingerprint density at radius 3 is 2.47 bits per heavy atom. The standard InChI is InChI=1S/C23H33FN2O6/c1-15(27)19(18(24)21(29)32-23(2,3)4)25-20(28)17-12-8-9-13-26(17)22(30)31-14-16-10-6-5-7-11-16/h5-7,10-11,15,17-19,27H,8-9,12-14H2,1-4H3,(H,25,28)/t15-,17+,18-,19-/m0/s1. The Bertz CT molecular complexity index is 780. The molecule has 1 aromatic rings. The number of aliphatic hydroxyl groups is 1. The second-order valence-electron chi connectivity index (χ2n) is 8.96. The van der Waals surface area contributed by atoms with E-state index in [1.54, 1.807) is 20.8 Å². The first-order valence-corrected chi connectivity index (χ1v) is 10.8. The molecule has 1 heterocycles. The highest BCUT2D eigenvalue weighted by atomic mass is 19.1. The fraction of sp³-hybridized carbons (Fsp3) is 0.609. The van der Waals surface area contributed by atoms with Gasteiger partial charge in [-0.05, 0) is 52.5 Å². The molecule has 2 amide bonds. The number of nitrogens with zero attached hydrogens (tertiary/aromatic N) is 1. The van der Waals surface area contributed by atoms with E-state index in [4.69, 9.17) is 9.47 Å². The number of benzene rings is 1. The van der Waals surface area contributed by atoms with E-state index in [0.29, 0.717) is 25.8 Å². The molecule has 1 aromatic carbocycles. The Morgan fingerprint density at radius 2 is 1.88 bits per heavy atom. The Balaban J connectivity index is 2.04. The number of esters is 1. The molecule has 9 heteroatoms. The Hall–Kier alpha value is -2.68. The van der Waals surface area contributed by atoms with Crippen molar-refractivity contribution in [3.8, 4) is 0 Å². The van der Waals surface area contributed by atoms with E-state index in [-0.39, 0.29) is 6.61 Å². The number of likely N-dealkylation sites (tertiary alicyclic amines) is 1. The van der Waals surface area contributed by atoms with Gasteiger partial charge in [-0.25, -0.2) is 14.0 Å². The number of alkyl halides is 1. The molecule has 1 fully saturated rings. The van der Waals surface area contributed by atoms with Crippen molar-refractivity contribution >= 4 is 18.0 Å². The molecular formula is C23H33FN2O6. The van der Waals surface area contributed by atoms with Gasteiger partial charge in [0, 0.05) is 6.54 Å². The third-order valence-electron chi connectivity index (χ3n) is 5.02. The maximum Gasteiger partial charge on any atom is 0.410 e. The van der Waals surface area contributed by atoms with Crippen molar-refractivity contribution in [2.45, 2.75) is 83.5 Å². The molecule has 32 heavy (non-hydrogen) atoms. The van der Waals surface area contributed by atoms with Gasteiger partial charge in [0.1, 0.15) is 18.2 Å². The third kappa shape index (κ3) is 7.47. The van der Waals surface area contributed by atoms with Crippen LogP contribution in [-0.4, -0.2) is 64.5 Å². The molecule has 8 nitrogen and oxygen atoms in total. The molecule has 0 aliphatic carbocycles. The van der Waals surface area contributed by atoms with Crippen molar-refractivity contribution in [1.29, 1.82) is 0 Å². The smallest absolute Gasteiger partial charge is 0.410 e. The molecule has 0 saturated carbocycles. The summed E-state index contributed by atoms with van der Waals surface area (Å²) in [5.41, 5.74) is -0.108. The maximum atomic E-state index is 14.8. The van der Waals surface area contributed by atoms with Gasteiger partial charge in [0.15, 0.2) is 0 Å². The number of carbonyl (C=O) groups is 3. The lowest BCUT2D eigenvalue weighted by atomic mass is 10.00. The zero-order valence-electron chi connectivity index (χ0n) is 19.0. The van der Waals surface area contributed by atoms with Crippen molar-refractivity contribution in [3.63, 3.8) is 0 Å². The van der Waals surface area contributed by atoms with Crippen LogP contribution in [0.15, 0.2) is 30.3 Å². The molecular weight excluding hydrogens is 419 g/mol. The summed E-state index contributed by atoms with van der Waals surface area (Å²) in [5.74, 6) is -1.83. The number of amides is 2. The number of rotatable bonds is 7. The topological polar surface area (TPSA) is 105 Å². The quantitative estimate of drug-likeness (QED) is 0.617. The summed E-state index contributed by atoms with van der Waals surface area (Å²) in [6.07, 6.45) is -2.50. The number of piperidine rings is 1. The van der Waals surface area contributed by atoms with Crippen molar-refractivity contribution in [3.05, 3.63) is 35.9 Å². The highest BCUT2D eigenvalue weighted by Gasteiger charge is 2.40. The minimum absolute atomic E-state index is 0.0615. The van der Waals surface area contributed by atoms with E-state index in [0.717, 1.165) is 5.56 Å². The Labute approximate surface area is 188 Å². The van der Waals surface area contributed by atoms with E-state index >= 15 is 0 Å². The van der Waals surface area contributed by atoms with Crippen LogP contribution in [0.1, 0.15) is 52.5 Å². The zero-order valence-corrected chi connectivity index (χ0v) is 19.0. The average molecular weight is 453 g/mol. The number of aliphatic hydroxyl groups excluding tert-OH is 1. The lowest BCUT2D eigenvalue weighted by Crippen LogP contribution is -2.58. The third-order valence-corrected chi connectivity index (χ3v) is 5.02. The fourth-order valence-corrected chi connectivity index (χ4v) is 3.43. The number of carbonyl (C=O) groups excluding carboxylic acids is 3. The van der Waals surface area contributed by atoms with Crippen LogP contribution in [0, 0.1) is 0 Å². The number of hydrogen-bond donors (Lipinski definition) is 2. The van der Waals surface area contributed by atoms with E-state index < -0.39 is 47.9 Å². The summed E-state index contributed by atoms with van der Waals surface area (Å²) in [5, 5.41) is 12.4. The Morgan fingerprint density at radius 1 is 1.22 bits per heavy atom. The van der Waals surface area contributed by atoms with Gasteiger partial charge in [0.2, 0.25) is 12.1 Å². The lowest BCUT2D eigenvalue weighted by molar-refractivity contribution is -0.163. The molecule has 0 radical (unpaired) electrons. The minimum atomic E-state index is -2.26. The average Bonchev–Trinajstić information content (AvgIpc) is 2.74. The molecule has 178 valence electrons. The number of halogens is 1. The van der Waals surface area contributed by atoms with Crippen LogP contribution in [-0.2, 0) is 25.7 Å². The minimum Gasteiger partial charge on any atom is -0.458 e. The van der Waals surface area contributed by atoms with Crippen LogP contribution in [0.4, 0.5) is 9.18 Å². The van der Waals surface area contributed by atoms with Crippen molar-refractivity contribution in [2.24, 2.45) is 0 Å². The molecule has 0 unspecified atom stereocenters. The summed E-state index contributed by atoms with van der Waals surface area (Å²) in [6.45, 7) is 6.43. The molecule has 1 saturated heterocycles. The molecule has 2 rings (SSSR count). The van der Waals surface area contributed by atoms with Crippen LogP contribution in [0.3, 0.4) is 0 Å². The van der Waals surface area contributed by atoms with Crippen molar-refractivity contribution in [2.75, 3.05) is 6.54 Å². The summed E-state index contributed by atoms with van der Waals surface area (Å²) in [4.78, 5) is 39.0. The second kappa shape index (κ2) is 11.3. The predicted octanol–water partition coefficient (Wildman–Crippen LogP) is 2.72. The molecule has 2 N–H and O–H groups in total. The lowest BCUT2D eigenvalue weighted by Gasteiger charge is -2.35. The van der Waals surface area contributed by atoms with Crippen LogP contribution >= 0.6 is 0 Å². The molecule has 1 aliphatic heterocycles. The first kappa shape index (κ1) is 25.6.